The van der Waals surface area contributed by atoms with Gasteiger partial charge < -0.3 is 9.72 Å². The van der Waals surface area contributed by atoms with Crippen molar-refractivity contribution in [1.29, 1.82) is 0 Å². The Labute approximate surface area is 136 Å². The molecule has 0 atom stereocenters. The molecule has 0 amide bonds. The zero-order chi connectivity index (χ0) is 15.7. The van der Waals surface area contributed by atoms with Gasteiger partial charge in [-0.25, -0.2) is 0 Å². The van der Waals surface area contributed by atoms with Crippen LogP contribution >= 0.6 is 23.8 Å². The average Bonchev–Trinajstić information content (AvgIpc) is 2.51. The Morgan fingerprint density at radius 3 is 2.82 bits per heavy atom. The van der Waals surface area contributed by atoms with Gasteiger partial charge in [-0.2, -0.15) is 0 Å². The Bertz CT molecular complexity index is 962. The number of rotatable bonds is 3. The van der Waals surface area contributed by atoms with Gasteiger partial charge in [-0.3, -0.25) is 9.36 Å². The lowest BCUT2D eigenvalue weighted by atomic mass is 10.2. The maximum atomic E-state index is 12.7. The van der Waals surface area contributed by atoms with E-state index >= 15 is 0 Å². The number of fused-ring (bicyclic) bond motifs is 1. The molecule has 1 heterocycles. The van der Waals surface area contributed by atoms with Crippen molar-refractivity contribution in [1.82, 2.24) is 9.55 Å². The van der Waals surface area contributed by atoms with Gasteiger partial charge in [0.05, 0.1) is 24.6 Å². The van der Waals surface area contributed by atoms with Gasteiger partial charge in [0, 0.05) is 10.6 Å². The van der Waals surface area contributed by atoms with Crippen LogP contribution in [0.3, 0.4) is 0 Å². The first-order valence-electron chi connectivity index (χ1n) is 6.64. The highest BCUT2D eigenvalue weighted by Crippen LogP contribution is 2.19. The van der Waals surface area contributed by atoms with E-state index in [2.05, 4.69) is 4.98 Å². The fraction of sp³-hybridized carbons (Fsp3) is 0.125. The quantitative estimate of drug-likeness (QED) is 0.743. The van der Waals surface area contributed by atoms with Crippen molar-refractivity contribution in [2.45, 2.75) is 6.54 Å². The van der Waals surface area contributed by atoms with E-state index in [1.54, 1.807) is 25.3 Å². The van der Waals surface area contributed by atoms with Crippen LogP contribution in [0.25, 0.3) is 10.9 Å². The van der Waals surface area contributed by atoms with Crippen LogP contribution in [0.1, 0.15) is 5.56 Å². The van der Waals surface area contributed by atoms with Crippen molar-refractivity contribution in [3.8, 4) is 5.75 Å². The number of aromatic nitrogens is 2. The fourth-order valence-corrected chi connectivity index (χ4v) is 2.80. The average molecular weight is 333 g/mol. The zero-order valence-corrected chi connectivity index (χ0v) is 13.4. The Hall–Kier alpha value is -2.11. The second-order valence-corrected chi connectivity index (χ2v) is 5.65. The minimum absolute atomic E-state index is 0.152. The highest BCUT2D eigenvalue weighted by atomic mass is 35.5. The number of hydrogen-bond donors (Lipinski definition) is 1. The van der Waals surface area contributed by atoms with Gasteiger partial charge in [-0.1, -0.05) is 29.8 Å². The summed E-state index contributed by atoms with van der Waals surface area (Å²) in [6.07, 6.45) is 0. The molecule has 3 rings (SSSR count). The molecule has 0 saturated carbocycles. The van der Waals surface area contributed by atoms with Gasteiger partial charge in [0.2, 0.25) is 0 Å². The van der Waals surface area contributed by atoms with Crippen molar-refractivity contribution >= 4 is 34.7 Å². The van der Waals surface area contributed by atoms with Crippen molar-refractivity contribution in [3.05, 3.63) is 68.2 Å². The topological polar surface area (TPSA) is 47.0 Å². The van der Waals surface area contributed by atoms with Crippen molar-refractivity contribution in [2.75, 3.05) is 7.11 Å². The van der Waals surface area contributed by atoms with E-state index < -0.39 is 0 Å². The molecule has 0 saturated heterocycles. The Morgan fingerprint density at radius 1 is 1.27 bits per heavy atom. The standard InChI is InChI=1S/C16H13ClN2O2S/c1-21-14-5-3-2-4-10(14)9-19-15(20)12-7-6-11(17)8-13(12)18-16(19)22/h2-8H,9H2,1H3,(H,18,22). The van der Waals surface area contributed by atoms with E-state index in [9.17, 15) is 4.79 Å². The number of benzene rings is 2. The molecule has 0 fully saturated rings. The number of ether oxygens (including phenoxy) is 1. The molecule has 1 aromatic heterocycles. The van der Waals surface area contributed by atoms with Crippen LogP contribution in [0.2, 0.25) is 5.02 Å². The number of halogens is 1. The van der Waals surface area contributed by atoms with Crippen LogP contribution in [-0.4, -0.2) is 16.7 Å². The number of nitrogens with zero attached hydrogens (tertiary/aromatic N) is 1. The first-order valence-corrected chi connectivity index (χ1v) is 7.43. The number of hydrogen-bond acceptors (Lipinski definition) is 3. The lowest BCUT2D eigenvalue weighted by Crippen LogP contribution is -2.23. The molecule has 0 bridgehead atoms. The Balaban J connectivity index is 2.17. The molecule has 0 spiro atoms. The first-order chi connectivity index (χ1) is 10.6. The van der Waals surface area contributed by atoms with Crippen LogP contribution in [0, 0.1) is 4.77 Å². The summed E-state index contributed by atoms with van der Waals surface area (Å²) in [7, 11) is 1.60. The van der Waals surface area contributed by atoms with Crippen molar-refractivity contribution in [3.63, 3.8) is 0 Å². The van der Waals surface area contributed by atoms with Gasteiger partial charge in [-0.15, -0.1) is 0 Å². The predicted molar refractivity (Wildman–Crippen MR) is 90.5 cm³/mol. The molecule has 0 radical (unpaired) electrons. The molecule has 0 aliphatic carbocycles. The minimum atomic E-state index is -0.152. The summed E-state index contributed by atoms with van der Waals surface area (Å²) in [6, 6.07) is 12.6. The van der Waals surface area contributed by atoms with Crippen LogP contribution in [-0.2, 0) is 6.54 Å². The van der Waals surface area contributed by atoms with Crippen molar-refractivity contribution < 1.29 is 4.74 Å². The first kappa shape index (κ1) is 14.8. The molecule has 4 nitrogen and oxygen atoms in total. The highest BCUT2D eigenvalue weighted by molar-refractivity contribution is 7.71. The molecular formula is C16H13ClN2O2S. The summed E-state index contributed by atoms with van der Waals surface area (Å²) in [5.41, 5.74) is 1.38. The SMILES string of the molecule is COc1ccccc1Cn1c(=S)[nH]c2cc(Cl)ccc2c1=O. The summed E-state index contributed by atoms with van der Waals surface area (Å²) in [4.78, 5) is 15.7. The summed E-state index contributed by atoms with van der Waals surface area (Å²) in [6.45, 7) is 0.344. The molecule has 0 unspecified atom stereocenters. The summed E-state index contributed by atoms with van der Waals surface area (Å²) in [5, 5.41) is 1.10. The molecule has 3 aromatic rings. The minimum Gasteiger partial charge on any atom is -0.496 e. The molecule has 0 aliphatic heterocycles. The normalized spacial score (nSPS) is 10.8. The summed E-state index contributed by atoms with van der Waals surface area (Å²) in [5.74, 6) is 0.722. The summed E-state index contributed by atoms with van der Waals surface area (Å²) >= 11 is 11.3. The summed E-state index contributed by atoms with van der Waals surface area (Å²) < 4.78 is 7.19. The van der Waals surface area contributed by atoms with Crippen molar-refractivity contribution in [2.24, 2.45) is 0 Å². The van der Waals surface area contributed by atoms with E-state index in [4.69, 9.17) is 28.6 Å². The Kier molecular flexibility index (Phi) is 4.00. The number of aromatic amines is 1. The lowest BCUT2D eigenvalue weighted by molar-refractivity contribution is 0.408. The number of H-pyrrole nitrogens is 1. The van der Waals surface area contributed by atoms with Gasteiger partial charge in [-0.05, 0) is 36.5 Å². The largest absolute Gasteiger partial charge is 0.496 e. The molecule has 1 N–H and O–H groups in total. The number of methoxy groups -OCH3 is 1. The Morgan fingerprint density at radius 2 is 2.05 bits per heavy atom. The second-order valence-electron chi connectivity index (χ2n) is 4.82. The third-order valence-electron chi connectivity index (χ3n) is 3.46. The smallest absolute Gasteiger partial charge is 0.262 e. The molecule has 0 aliphatic rings. The number of para-hydroxylation sites is 1. The van der Waals surface area contributed by atoms with Gasteiger partial charge >= 0.3 is 0 Å². The fourth-order valence-electron chi connectivity index (χ4n) is 2.37. The van der Waals surface area contributed by atoms with Crippen LogP contribution < -0.4 is 10.3 Å². The third kappa shape index (κ3) is 2.65. The maximum absolute atomic E-state index is 12.7. The van der Waals surface area contributed by atoms with Gasteiger partial charge in [0.25, 0.3) is 5.56 Å². The number of nitrogens with one attached hydrogen (secondary N) is 1. The lowest BCUT2D eigenvalue weighted by Gasteiger charge is -2.11. The third-order valence-corrected chi connectivity index (χ3v) is 4.02. The van der Waals surface area contributed by atoms with E-state index in [0.29, 0.717) is 27.2 Å². The second kappa shape index (κ2) is 5.94. The molecular weight excluding hydrogens is 320 g/mol. The van der Waals surface area contributed by atoms with E-state index in [-0.39, 0.29) is 5.56 Å². The highest BCUT2D eigenvalue weighted by Gasteiger charge is 2.09. The van der Waals surface area contributed by atoms with Gasteiger partial charge in [0.15, 0.2) is 4.77 Å². The van der Waals surface area contributed by atoms with Crippen LogP contribution in [0.4, 0.5) is 0 Å². The maximum Gasteiger partial charge on any atom is 0.262 e. The van der Waals surface area contributed by atoms with Crippen LogP contribution in [0.5, 0.6) is 5.75 Å². The molecule has 2 aromatic carbocycles. The van der Waals surface area contributed by atoms with E-state index in [1.807, 2.05) is 24.3 Å². The molecule has 112 valence electrons. The van der Waals surface area contributed by atoms with E-state index in [0.717, 1.165) is 11.3 Å². The molecule has 22 heavy (non-hydrogen) atoms. The monoisotopic (exact) mass is 332 g/mol. The van der Waals surface area contributed by atoms with E-state index in [1.165, 1.54) is 4.57 Å². The van der Waals surface area contributed by atoms with Crippen LogP contribution in [0.15, 0.2) is 47.3 Å². The zero-order valence-electron chi connectivity index (χ0n) is 11.8. The van der Waals surface area contributed by atoms with Gasteiger partial charge in [0.1, 0.15) is 5.75 Å². The predicted octanol–water partition coefficient (Wildman–Crippen LogP) is 3.77. The molecule has 6 heteroatoms.